The van der Waals surface area contributed by atoms with Crippen LogP contribution in [0.5, 0.6) is 0 Å². The van der Waals surface area contributed by atoms with Crippen LogP contribution in [-0.2, 0) is 0 Å². The fourth-order valence-electron chi connectivity index (χ4n) is 14.1. The second-order valence-electron chi connectivity index (χ2n) is 22.7. The van der Waals surface area contributed by atoms with Gasteiger partial charge in [-0.05, 0) is 159 Å². The Bertz CT molecular complexity index is 5760. The van der Waals surface area contributed by atoms with Crippen LogP contribution in [-0.4, -0.2) is 23.3 Å². The molecule has 13 aromatic carbocycles. The zero-order valence-electron chi connectivity index (χ0n) is 46.7. The molecular formula is C81H51N5. The fraction of sp³-hybridized carbons (Fsp3) is 0. The van der Waals surface area contributed by atoms with E-state index < -0.39 is 0 Å². The van der Waals surface area contributed by atoms with Crippen molar-refractivity contribution in [3.8, 4) is 67.5 Å². The molecule has 5 nitrogen and oxygen atoms in total. The minimum absolute atomic E-state index is 0.848. The first kappa shape index (κ1) is 48.0. The Morgan fingerprint density at radius 2 is 0.535 bits per heavy atom. The van der Waals surface area contributed by atoms with Crippen molar-refractivity contribution in [1.82, 2.24) is 23.3 Å². The van der Waals surface area contributed by atoms with Gasteiger partial charge in [0.15, 0.2) is 0 Å². The summed E-state index contributed by atoms with van der Waals surface area (Å²) in [5.41, 5.74) is 20.8. The highest BCUT2D eigenvalue weighted by Crippen LogP contribution is 2.43. The zero-order chi connectivity index (χ0) is 56.4. The van der Waals surface area contributed by atoms with Gasteiger partial charge < -0.3 is 9.13 Å². The number of fused-ring (bicyclic) bond motifs is 13. The van der Waals surface area contributed by atoms with Crippen molar-refractivity contribution in [3.63, 3.8) is 0 Å². The molecule has 0 aliphatic rings. The van der Waals surface area contributed by atoms with E-state index in [0.717, 1.165) is 72.5 Å². The molecule has 86 heavy (non-hydrogen) atoms. The van der Waals surface area contributed by atoms with E-state index >= 15 is 0 Å². The third kappa shape index (κ3) is 7.35. The van der Waals surface area contributed by atoms with Crippen LogP contribution >= 0.6 is 0 Å². The van der Waals surface area contributed by atoms with E-state index in [0.29, 0.717) is 0 Å². The second-order valence-corrected chi connectivity index (χ2v) is 22.7. The molecule has 0 radical (unpaired) electrons. The number of rotatable bonds is 8. The van der Waals surface area contributed by atoms with Crippen LogP contribution in [0, 0.1) is 0 Å². The number of pyridine rings is 1. The third-order valence-electron chi connectivity index (χ3n) is 17.9. The molecule has 0 aliphatic heterocycles. The molecule has 18 rings (SSSR count). The van der Waals surface area contributed by atoms with E-state index in [2.05, 4.69) is 328 Å². The average molecular weight is 1090 g/mol. The van der Waals surface area contributed by atoms with Crippen LogP contribution in [0.3, 0.4) is 0 Å². The normalized spacial score (nSPS) is 12.0. The largest absolute Gasteiger partial charge is 0.309 e. The molecule has 400 valence electrons. The Morgan fingerprint density at radius 1 is 0.198 bits per heavy atom. The number of hydrogen-bond acceptors (Lipinski definition) is 1. The van der Waals surface area contributed by atoms with Crippen molar-refractivity contribution < 1.29 is 0 Å². The molecule has 0 saturated heterocycles. The second kappa shape index (κ2) is 19.0. The topological polar surface area (TPSA) is 32.6 Å². The lowest BCUT2D eigenvalue weighted by Crippen LogP contribution is -2.05. The van der Waals surface area contributed by atoms with E-state index in [9.17, 15) is 0 Å². The molecule has 0 fully saturated rings. The highest BCUT2D eigenvalue weighted by atomic mass is 15.1. The van der Waals surface area contributed by atoms with E-state index in [1.165, 1.54) is 93.0 Å². The van der Waals surface area contributed by atoms with Crippen molar-refractivity contribution in [2.75, 3.05) is 0 Å². The lowest BCUT2D eigenvalue weighted by atomic mass is 9.93. The number of aromatic nitrogens is 5. The number of benzene rings is 13. The Kier molecular flexibility index (Phi) is 10.6. The van der Waals surface area contributed by atoms with Crippen molar-refractivity contribution in [1.29, 1.82) is 0 Å². The summed E-state index contributed by atoms with van der Waals surface area (Å²) in [4.78, 5) is 5.92. The minimum atomic E-state index is 0.848. The van der Waals surface area contributed by atoms with Gasteiger partial charge in [-0.3, -0.25) is 9.13 Å². The predicted octanol–water partition coefficient (Wildman–Crippen LogP) is 21.3. The maximum atomic E-state index is 5.92. The van der Waals surface area contributed by atoms with Gasteiger partial charge in [-0.25, -0.2) is 4.98 Å². The summed E-state index contributed by atoms with van der Waals surface area (Å²) in [7, 11) is 0. The van der Waals surface area contributed by atoms with Gasteiger partial charge in [0.2, 0.25) is 0 Å². The first-order valence-electron chi connectivity index (χ1n) is 29.5. The van der Waals surface area contributed by atoms with Gasteiger partial charge in [0, 0.05) is 59.9 Å². The maximum Gasteiger partial charge on any atom is 0.148 e. The molecule has 0 atom stereocenters. The summed E-state index contributed by atoms with van der Waals surface area (Å²) in [6, 6.07) is 113. The highest BCUT2D eigenvalue weighted by Gasteiger charge is 2.23. The summed E-state index contributed by atoms with van der Waals surface area (Å²) in [6.07, 6.45) is 0. The van der Waals surface area contributed by atoms with E-state index in [-0.39, 0.29) is 0 Å². The zero-order valence-corrected chi connectivity index (χ0v) is 46.7. The van der Waals surface area contributed by atoms with Crippen LogP contribution in [0.25, 0.3) is 166 Å². The van der Waals surface area contributed by atoms with Crippen LogP contribution in [0.4, 0.5) is 0 Å². The lowest BCUT2D eigenvalue weighted by molar-refractivity contribution is 1.03. The summed E-state index contributed by atoms with van der Waals surface area (Å²) >= 11 is 0. The molecule has 0 spiro atoms. The highest BCUT2D eigenvalue weighted by molar-refractivity contribution is 6.16. The molecule has 0 N–H and O–H groups in total. The average Bonchev–Trinajstić information content (AvgIpc) is 1.93. The first-order chi connectivity index (χ1) is 42.7. The molecular weight excluding hydrogens is 1040 g/mol. The predicted molar refractivity (Wildman–Crippen MR) is 361 cm³/mol. The van der Waals surface area contributed by atoms with E-state index in [1.54, 1.807) is 0 Å². The van der Waals surface area contributed by atoms with Crippen LogP contribution < -0.4 is 0 Å². The molecule has 5 aromatic heterocycles. The van der Waals surface area contributed by atoms with E-state index in [4.69, 9.17) is 4.98 Å². The third-order valence-corrected chi connectivity index (χ3v) is 17.9. The van der Waals surface area contributed by atoms with Crippen LogP contribution in [0.1, 0.15) is 0 Å². The van der Waals surface area contributed by atoms with E-state index in [1.807, 2.05) is 0 Å². The van der Waals surface area contributed by atoms with Gasteiger partial charge in [0.05, 0.1) is 44.1 Å². The van der Waals surface area contributed by atoms with Crippen LogP contribution in [0.15, 0.2) is 309 Å². The van der Waals surface area contributed by atoms with Gasteiger partial charge in [0.1, 0.15) is 11.6 Å². The molecule has 5 heteroatoms. The van der Waals surface area contributed by atoms with Crippen molar-refractivity contribution in [3.05, 3.63) is 309 Å². The molecule has 0 unspecified atom stereocenters. The Morgan fingerprint density at radius 3 is 1.00 bits per heavy atom. The molecule has 5 heterocycles. The Balaban J connectivity index is 0.838. The van der Waals surface area contributed by atoms with Crippen LogP contribution in [0.2, 0.25) is 0 Å². The quantitative estimate of drug-likeness (QED) is 0.149. The Hall–Kier alpha value is -11.5. The summed E-state index contributed by atoms with van der Waals surface area (Å²) in [6.45, 7) is 0. The Labute approximate surface area is 495 Å². The molecule has 18 aromatic rings. The number of nitrogens with zero attached hydrogens (tertiary/aromatic N) is 5. The number of hydrogen-bond donors (Lipinski definition) is 0. The molecule has 0 aliphatic carbocycles. The van der Waals surface area contributed by atoms with Gasteiger partial charge >= 0.3 is 0 Å². The molecule has 0 saturated carbocycles. The number of para-hydroxylation sites is 6. The van der Waals surface area contributed by atoms with Crippen molar-refractivity contribution >= 4 is 98.0 Å². The monoisotopic (exact) mass is 1090 g/mol. The summed E-state index contributed by atoms with van der Waals surface area (Å²) in [5, 5.41) is 11.8. The van der Waals surface area contributed by atoms with Gasteiger partial charge in [0.25, 0.3) is 0 Å². The fourth-order valence-corrected chi connectivity index (χ4v) is 14.1. The minimum Gasteiger partial charge on any atom is -0.309 e. The summed E-state index contributed by atoms with van der Waals surface area (Å²) in [5.74, 6) is 1.72. The molecule has 0 amide bonds. The van der Waals surface area contributed by atoms with Crippen molar-refractivity contribution in [2.45, 2.75) is 0 Å². The van der Waals surface area contributed by atoms with Gasteiger partial charge in [-0.15, -0.1) is 0 Å². The standard InChI is InChI=1S/C81H51N5/c1-4-20-52(21-5-1)61-26-10-11-27-62(61)57-36-41-63-58(46-57)51-80(85-74-34-18-14-30-66(74)70-49-55(39-44-78(70)85)53-37-42-76-68(47-53)64-28-12-16-32-72(64)83(76)59-22-6-2-7-23-59)82-81(63)86-75-35-19-15-31-67(75)71-50-56(40-45-79(71)86)54-38-43-77-69(48-54)65-29-13-17-33-73(65)84(77)60-24-8-3-9-25-60/h1-51H. The summed E-state index contributed by atoms with van der Waals surface area (Å²) < 4.78 is 9.55. The van der Waals surface area contributed by atoms with Crippen molar-refractivity contribution in [2.24, 2.45) is 0 Å². The smallest absolute Gasteiger partial charge is 0.148 e. The molecule has 0 bridgehead atoms. The van der Waals surface area contributed by atoms with Gasteiger partial charge in [-0.1, -0.05) is 200 Å². The lowest BCUT2D eigenvalue weighted by Gasteiger charge is -2.17. The first-order valence-corrected chi connectivity index (χ1v) is 29.5. The van der Waals surface area contributed by atoms with Gasteiger partial charge in [-0.2, -0.15) is 0 Å². The maximum absolute atomic E-state index is 5.92. The SMILES string of the molecule is c1ccc(-c2ccccc2-c2ccc3c(-n4c5ccccc5c5cc(-c6ccc7c(c6)c6ccccc6n7-c6ccccc6)ccc54)nc(-n4c5ccccc5c5cc(-c6ccc7c(c6)c6ccccc6n7-c6ccccc6)ccc54)cc3c2)cc1.